The zero-order valence-electron chi connectivity index (χ0n) is 12.6. The minimum atomic E-state index is 0.758. The second kappa shape index (κ2) is 10.7. The summed E-state index contributed by atoms with van der Waals surface area (Å²) in [6.07, 6.45) is 6.45. The van der Waals surface area contributed by atoms with Crippen LogP contribution in [-0.4, -0.2) is 29.8 Å². The van der Waals surface area contributed by atoms with Gasteiger partial charge < -0.3 is 10.9 Å². The largest absolute Gasteiger partial charge is 0.306 e. The van der Waals surface area contributed by atoms with E-state index in [4.69, 9.17) is 0 Å². The van der Waals surface area contributed by atoms with E-state index in [2.05, 4.69) is 38.6 Å². The molecule has 4 N–H and O–H groups in total. The summed E-state index contributed by atoms with van der Waals surface area (Å²) in [6.45, 7) is 2.24. The third-order valence-electron chi connectivity index (χ3n) is 2.69. The molecule has 0 fully saturated rings. The van der Waals surface area contributed by atoms with Crippen LogP contribution in [0.15, 0.2) is 11.2 Å². The van der Waals surface area contributed by atoms with Crippen molar-refractivity contribution in [1.29, 1.82) is 0 Å². The fraction of sp³-hybridized carbons (Fsp3) is 0.692. The Morgan fingerprint density at radius 2 is 1.55 bits per heavy atom. The van der Waals surface area contributed by atoms with Crippen LogP contribution in [-0.2, 0) is 0 Å². The summed E-state index contributed by atoms with van der Waals surface area (Å²) >= 11 is 1.70. The maximum absolute atomic E-state index is 4.45. The smallest absolute Gasteiger partial charge is 0.191 e. The number of anilines is 2. The Kier molecular flexibility index (Phi) is 9.10. The molecule has 1 heterocycles. The zero-order chi connectivity index (χ0) is 14.6. The number of nitrogens with zero attached hydrogens (tertiary/aromatic N) is 2. The second-order valence-corrected chi connectivity index (χ2v) is 5.50. The molecule has 0 saturated heterocycles. The predicted molar refractivity (Wildman–Crippen MR) is 86.9 cm³/mol. The molecule has 0 aliphatic rings. The van der Waals surface area contributed by atoms with Crippen LogP contribution in [0.5, 0.6) is 0 Å². The van der Waals surface area contributed by atoms with Crippen molar-refractivity contribution in [1.82, 2.24) is 20.8 Å². The van der Waals surface area contributed by atoms with Crippen molar-refractivity contribution < 1.29 is 0 Å². The molecule has 0 atom stereocenters. The molecular formula is C13H26N6S. The number of nitrogens with one attached hydrogen (secondary N) is 4. The first kappa shape index (κ1) is 17.0. The number of hydrogen-bond acceptors (Lipinski definition) is 7. The van der Waals surface area contributed by atoms with Crippen molar-refractivity contribution in [3.8, 4) is 0 Å². The third-order valence-corrected chi connectivity index (χ3v) is 3.62. The molecule has 1 aromatic heterocycles. The van der Waals surface area contributed by atoms with Gasteiger partial charge in [0.25, 0.3) is 0 Å². The first-order valence-corrected chi connectivity index (χ1v) is 8.16. The van der Waals surface area contributed by atoms with Crippen molar-refractivity contribution in [2.24, 2.45) is 0 Å². The van der Waals surface area contributed by atoms with E-state index >= 15 is 0 Å². The first-order valence-electron chi connectivity index (χ1n) is 7.17. The third kappa shape index (κ3) is 6.93. The number of hydrazine groups is 2. The maximum atomic E-state index is 4.45. The molecule has 6 nitrogen and oxygen atoms in total. The van der Waals surface area contributed by atoms with Gasteiger partial charge in [-0.25, -0.2) is 20.8 Å². The van der Waals surface area contributed by atoms with Crippen LogP contribution in [0.1, 0.15) is 39.0 Å². The summed E-state index contributed by atoms with van der Waals surface area (Å²) in [5, 5.41) is 0.790. The molecule has 1 aromatic rings. The molecule has 0 amide bonds. The molecule has 0 aliphatic carbocycles. The summed E-state index contributed by atoms with van der Waals surface area (Å²) in [5.41, 5.74) is 11.7. The Hall–Kier alpha value is -1.05. The molecular weight excluding hydrogens is 272 g/mol. The van der Waals surface area contributed by atoms with Gasteiger partial charge in [0.15, 0.2) is 5.16 Å². The summed E-state index contributed by atoms with van der Waals surface area (Å²) in [6, 6.07) is 1.85. The molecule has 0 radical (unpaired) electrons. The zero-order valence-corrected chi connectivity index (χ0v) is 13.4. The van der Waals surface area contributed by atoms with Crippen LogP contribution in [0.25, 0.3) is 0 Å². The normalized spacial score (nSPS) is 10.6. The van der Waals surface area contributed by atoms with E-state index in [1.54, 1.807) is 11.8 Å². The number of aromatic nitrogens is 2. The monoisotopic (exact) mass is 298 g/mol. The minimum absolute atomic E-state index is 0.758. The molecule has 0 aliphatic heterocycles. The minimum Gasteiger partial charge on any atom is -0.306 e. The van der Waals surface area contributed by atoms with Crippen LogP contribution < -0.4 is 21.7 Å². The van der Waals surface area contributed by atoms with Gasteiger partial charge in [0.2, 0.25) is 0 Å². The molecule has 0 bridgehead atoms. The van der Waals surface area contributed by atoms with E-state index in [-0.39, 0.29) is 0 Å². The van der Waals surface area contributed by atoms with E-state index in [0.717, 1.165) is 22.5 Å². The van der Waals surface area contributed by atoms with Gasteiger partial charge in [0.1, 0.15) is 11.6 Å². The van der Waals surface area contributed by atoms with Gasteiger partial charge in [-0.15, -0.1) is 0 Å². The highest BCUT2D eigenvalue weighted by molar-refractivity contribution is 7.99. The molecule has 20 heavy (non-hydrogen) atoms. The maximum Gasteiger partial charge on any atom is 0.191 e. The van der Waals surface area contributed by atoms with Gasteiger partial charge in [-0.05, 0) is 6.42 Å². The number of hydrogen-bond donors (Lipinski definition) is 4. The fourth-order valence-corrected chi connectivity index (χ4v) is 2.60. The van der Waals surface area contributed by atoms with Crippen LogP contribution in [0.4, 0.5) is 11.6 Å². The number of thioether (sulfide) groups is 1. The van der Waals surface area contributed by atoms with Crippen LogP contribution in [0, 0.1) is 0 Å². The van der Waals surface area contributed by atoms with Crippen molar-refractivity contribution in [2.75, 3.05) is 30.7 Å². The van der Waals surface area contributed by atoms with E-state index in [0.29, 0.717) is 0 Å². The van der Waals surface area contributed by atoms with Crippen LogP contribution in [0.3, 0.4) is 0 Å². The van der Waals surface area contributed by atoms with Gasteiger partial charge >= 0.3 is 0 Å². The highest BCUT2D eigenvalue weighted by atomic mass is 32.2. The van der Waals surface area contributed by atoms with Gasteiger partial charge in [-0.2, -0.15) is 0 Å². The Labute approximate surface area is 125 Å². The van der Waals surface area contributed by atoms with Crippen molar-refractivity contribution in [2.45, 2.75) is 44.2 Å². The van der Waals surface area contributed by atoms with E-state index < -0.39 is 0 Å². The van der Waals surface area contributed by atoms with E-state index in [1.807, 2.05) is 20.2 Å². The van der Waals surface area contributed by atoms with E-state index in [1.165, 1.54) is 32.1 Å². The lowest BCUT2D eigenvalue weighted by molar-refractivity contribution is 0.659. The number of rotatable bonds is 11. The first-order chi connectivity index (χ1) is 9.80. The van der Waals surface area contributed by atoms with Crippen molar-refractivity contribution >= 4 is 23.4 Å². The topological polar surface area (TPSA) is 73.9 Å². The van der Waals surface area contributed by atoms with Crippen LogP contribution >= 0.6 is 11.8 Å². The van der Waals surface area contributed by atoms with Crippen molar-refractivity contribution in [3.63, 3.8) is 0 Å². The van der Waals surface area contributed by atoms with Gasteiger partial charge in [-0.3, -0.25) is 0 Å². The molecule has 114 valence electrons. The van der Waals surface area contributed by atoms with E-state index in [9.17, 15) is 0 Å². The van der Waals surface area contributed by atoms with Gasteiger partial charge in [0.05, 0.1) is 0 Å². The lowest BCUT2D eigenvalue weighted by atomic mass is 10.2. The predicted octanol–water partition coefficient (Wildman–Crippen LogP) is 2.63. The molecule has 1 rings (SSSR count). The second-order valence-electron chi connectivity index (χ2n) is 4.43. The van der Waals surface area contributed by atoms with Gasteiger partial charge in [0, 0.05) is 25.9 Å². The molecule has 0 spiro atoms. The standard InChI is InChI=1S/C13H26N6S/c1-4-5-6-7-8-9-20-13-16-11(18-14-2)10-12(17-13)19-15-3/h10,14-15H,4-9H2,1-3H3,(H2,16,17,18,19). The molecule has 0 saturated carbocycles. The van der Waals surface area contributed by atoms with Crippen LogP contribution in [0.2, 0.25) is 0 Å². The lowest BCUT2D eigenvalue weighted by Crippen LogP contribution is -2.19. The quantitative estimate of drug-likeness (QED) is 0.217. The summed E-state index contributed by atoms with van der Waals surface area (Å²) in [4.78, 5) is 8.90. The highest BCUT2D eigenvalue weighted by Crippen LogP contribution is 2.20. The van der Waals surface area contributed by atoms with Gasteiger partial charge in [-0.1, -0.05) is 44.4 Å². The lowest BCUT2D eigenvalue weighted by Gasteiger charge is -2.09. The Bertz CT molecular complexity index is 350. The average molecular weight is 298 g/mol. The Morgan fingerprint density at radius 1 is 0.950 bits per heavy atom. The average Bonchev–Trinajstić information content (AvgIpc) is 2.43. The summed E-state index contributed by atoms with van der Waals surface area (Å²) < 4.78 is 0. The number of unbranched alkanes of at least 4 members (excludes halogenated alkanes) is 4. The highest BCUT2D eigenvalue weighted by Gasteiger charge is 2.04. The SMILES string of the molecule is CCCCCCCSc1nc(NNC)cc(NNC)n1. The summed E-state index contributed by atoms with van der Waals surface area (Å²) in [7, 11) is 3.63. The van der Waals surface area contributed by atoms with Crippen molar-refractivity contribution in [3.05, 3.63) is 6.07 Å². The molecule has 0 unspecified atom stereocenters. The molecule has 0 aromatic carbocycles. The molecule has 7 heteroatoms. The fourth-order valence-electron chi connectivity index (χ4n) is 1.74. The Morgan fingerprint density at radius 3 is 2.10 bits per heavy atom. The summed E-state index contributed by atoms with van der Waals surface area (Å²) in [5.74, 6) is 2.58. The Balaban J connectivity index is 2.46.